The van der Waals surface area contributed by atoms with E-state index in [1.54, 1.807) is 11.3 Å². The molecule has 1 nitrogen and oxygen atoms in total. The van der Waals surface area contributed by atoms with Crippen molar-refractivity contribution in [3.05, 3.63) is 57.8 Å². The Hall–Kier alpha value is -1.12. The first-order chi connectivity index (χ1) is 9.00. The van der Waals surface area contributed by atoms with Gasteiger partial charge in [-0.25, -0.2) is 0 Å². The molecule has 1 unspecified atom stereocenters. The second kappa shape index (κ2) is 5.89. The van der Waals surface area contributed by atoms with Gasteiger partial charge in [0.15, 0.2) is 0 Å². The molecule has 0 bridgehead atoms. The Balaban J connectivity index is 2.15. The highest BCUT2D eigenvalue weighted by atomic mass is 32.1. The van der Waals surface area contributed by atoms with E-state index in [0.29, 0.717) is 0 Å². The van der Waals surface area contributed by atoms with Crippen molar-refractivity contribution < 1.29 is 5.11 Å². The van der Waals surface area contributed by atoms with Gasteiger partial charge in [0, 0.05) is 10.8 Å². The summed E-state index contributed by atoms with van der Waals surface area (Å²) >= 11 is 1.76. The van der Waals surface area contributed by atoms with Gasteiger partial charge in [-0.15, -0.1) is 11.3 Å². The van der Waals surface area contributed by atoms with Gasteiger partial charge in [-0.2, -0.15) is 0 Å². The average molecular weight is 274 g/mol. The highest BCUT2D eigenvalue weighted by Crippen LogP contribution is 2.27. The minimum absolute atomic E-state index is 0.182. The molecular formula is C17H22OS. The molecule has 0 aliphatic heterocycles. The van der Waals surface area contributed by atoms with Gasteiger partial charge in [-0.3, -0.25) is 0 Å². The van der Waals surface area contributed by atoms with Crippen molar-refractivity contribution in [3.63, 3.8) is 0 Å². The number of hydrogen-bond acceptors (Lipinski definition) is 2. The molecule has 0 radical (unpaired) electrons. The average Bonchev–Trinajstić information content (AvgIpc) is 2.88. The van der Waals surface area contributed by atoms with E-state index >= 15 is 0 Å². The van der Waals surface area contributed by atoms with Crippen LogP contribution in [-0.2, 0) is 11.8 Å². The van der Waals surface area contributed by atoms with Gasteiger partial charge in [0.2, 0.25) is 0 Å². The molecule has 1 aromatic carbocycles. The summed E-state index contributed by atoms with van der Waals surface area (Å²) in [7, 11) is 0. The number of thiophene rings is 1. The molecule has 2 heteroatoms. The summed E-state index contributed by atoms with van der Waals surface area (Å²) in [5.74, 6) is 0.202. The van der Waals surface area contributed by atoms with Crippen LogP contribution in [-0.4, -0.2) is 11.7 Å². The van der Waals surface area contributed by atoms with E-state index in [-0.39, 0.29) is 17.9 Å². The van der Waals surface area contributed by atoms with E-state index in [2.05, 4.69) is 62.5 Å². The first-order valence-electron chi connectivity index (χ1n) is 6.74. The molecule has 0 spiro atoms. The first kappa shape index (κ1) is 14.3. The summed E-state index contributed by atoms with van der Waals surface area (Å²) in [4.78, 5) is 1.33. The monoisotopic (exact) mass is 274 g/mol. The van der Waals surface area contributed by atoms with E-state index in [1.165, 1.54) is 16.0 Å². The Kier molecular flexibility index (Phi) is 4.43. The molecule has 0 aliphatic rings. The topological polar surface area (TPSA) is 20.2 Å². The molecule has 1 heterocycles. The number of benzene rings is 1. The zero-order valence-electron chi connectivity index (χ0n) is 11.9. The fraction of sp³-hybridized carbons (Fsp3) is 0.412. The van der Waals surface area contributed by atoms with E-state index in [4.69, 9.17) is 0 Å². The van der Waals surface area contributed by atoms with Crippen molar-refractivity contribution in [1.29, 1.82) is 0 Å². The third-order valence-corrected chi connectivity index (χ3v) is 4.39. The fourth-order valence-electron chi connectivity index (χ4n) is 2.21. The predicted molar refractivity (Wildman–Crippen MR) is 83.0 cm³/mol. The molecule has 0 amide bonds. The minimum atomic E-state index is 0.182. The van der Waals surface area contributed by atoms with Gasteiger partial charge >= 0.3 is 0 Å². The SMILES string of the molecule is CC(C)(C)c1ccc(C(CO)Cc2cccs2)cc1. The molecule has 19 heavy (non-hydrogen) atoms. The van der Waals surface area contributed by atoms with E-state index < -0.39 is 0 Å². The molecule has 0 aliphatic carbocycles. The van der Waals surface area contributed by atoms with Crippen LogP contribution in [0.3, 0.4) is 0 Å². The highest BCUT2D eigenvalue weighted by Gasteiger charge is 2.16. The third kappa shape index (κ3) is 3.68. The summed E-state index contributed by atoms with van der Waals surface area (Å²) in [6.45, 7) is 6.86. The van der Waals surface area contributed by atoms with E-state index in [9.17, 15) is 5.11 Å². The van der Waals surface area contributed by atoms with Crippen molar-refractivity contribution in [2.75, 3.05) is 6.61 Å². The summed E-state index contributed by atoms with van der Waals surface area (Å²) < 4.78 is 0. The van der Waals surface area contributed by atoms with Crippen molar-refractivity contribution in [2.45, 2.75) is 38.5 Å². The molecule has 1 atom stereocenters. The summed E-state index contributed by atoms with van der Waals surface area (Å²) in [6.07, 6.45) is 0.920. The smallest absolute Gasteiger partial charge is 0.0503 e. The van der Waals surface area contributed by atoms with Crippen LogP contribution in [0.1, 0.15) is 42.7 Å². The lowest BCUT2D eigenvalue weighted by Gasteiger charge is -2.20. The number of aliphatic hydroxyl groups is 1. The van der Waals surface area contributed by atoms with Gasteiger partial charge in [-0.1, -0.05) is 51.1 Å². The Morgan fingerprint density at radius 1 is 1.11 bits per heavy atom. The van der Waals surface area contributed by atoms with Crippen LogP contribution in [0.5, 0.6) is 0 Å². The second-order valence-corrected chi connectivity index (χ2v) is 7.07. The normalized spacial score (nSPS) is 13.5. The van der Waals surface area contributed by atoms with Crippen LogP contribution >= 0.6 is 11.3 Å². The summed E-state index contributed by atoms with van der Waals surface area (Å²) in [5, 5.41) is 11.7. The van der Waals surface area contributed by atoms with Gasteiger partial charge in [0.1, 0.15) is 0 Å². The molecule has 0 saturated carbocycles. The van der Waals surface area contributed by atoms with Gasteiger partial charge in [-0.05, 0) is 34.4 Å². The fourth-order valence-corrected chi connectivity index (χ4v) is 3.00. The number of hydrogen-bond donors (Lipinski definition) is 1. The lowest BCUT2D eigenvalue weighted by atomic mass is 9.85. The van der Waals surface area contributed by atoms with Crippen LogP contribution in [0.25, 0.3) is 0 Å². The molecule has 2 aromatic rings. The first-order valence-corrected chi connectivity index (χ1v) is 7.62. The highest BCUT2D eigenvalue weighted by molar-refractivity contribution is 7.09. The Morgan fingerprint density at radius 3 is 2.26 bits per heavy atom. The molecule has 0 fully saturated rings. The third-order valence-electron chi connectivity index (χ3n) is 3.50. The maximum atomic E-state index is 9.61. The number of aliphatic hydroxyl groups excluding tert-OH is 1. The zero-order valence-corrected chi connectivity index (χ0v) is 12.7. The van der Waals surface area contributed by atoms with Crippen molar-refractivity contribution in [3.8, 4) is 0 Å². The Morgan fingerprint density at radius 2 is 1.79 bits per heavy atom. The Labute approximate surface area is 119 Å². The van der Waals surface area contributed by atoms with E-state index in [1.807, 2.05) is 0 Å². The quantitative estimate of drug-likeness (QED) is 0.878. The molecule has 2 rings (SSSR count). The van der Waals surface area contributed by atoms with Crippen LogP contribution in [0, 0.1) is 0 Å². The van der Waals surface area contributed by atoms with Crippen LogP contribution in [0.2, 0.25) is 0 Å². The minimum Gasteiger partial charge on any atom is -0.396 e. The lowest BCUT2D eigenvalue weighted by Crippen LogP contribution is -2.12. The zero-order chi connectivity index (χ0) is 13.9. The Bertz CT molecular complexity index is 491. The maximum absolute atomic E-state index is 9.61. The van der Waals surface area contributed by atoms with Crippen molar-refractivity contribution >= 4 is 11.3 Å². The van der Waals surface area contributed by atoms with Gasteiger partial charge in [0.25, 0.3) is 0 Å². The number of rotatable bonds is 4. The molecular weight excluding hydrogens is 252 g/mol. The standard InChI is InChI=1S/C17H22OS/c1-17(2,3)15-8-6-13(7-9-15)14(12-18)11-16-5-4-10-19-16/h4-10,14,18H,11-12H2,1-3H3. The molecule has 0 saturated heterocycles. The maximum Gasteiger partial charge on any atom is 0.0503 e. The van der Waals surface area contributed by atoms with Crippen molar-refractivity contribution in [1.82, 2.24) is 0 Å². The predicted octanol–water partition coefficient (Wildman–Crippen LogP) is 4.36. The van der Waals surface area contributed by atoms with Gasteiger partial charge in [0.05, 0.1) is 6.61 Å². The van der Waals surface area contributed by atoms with Crippen LogP contribution in [0.15, 0.2) is 41.8 Å². The molecule has 102 valence electrons. The molecule has 1 aromatic heterocycles. The summed E-state index contributed by atoms with van der Waals surface area (Å²) in [6, 6.07) is 12.9. The summed E-state index contributed by atoms with van der Waals surface area (Å²) in [5.41, 5.74) is 2.74. The largest absolute Gasteiger partial charge is 0.396 e. The van der Waals surface area contributed by atoms with Crippen molar-refractivity contribution in [2.24, 2.45) is 0 Å². The van der Waals surface area contributed by atoms with Gasteiger partial charge < -0.3 is 5.11 Å². The lowest BCUT2D eigenvalue weighted by molar-refractivity contribution is 0.265. The van der Waals surface area contributed by atoms with Crippen LogP contribution in [0.4, 0.5) is 0 Å². The van der Waals surface area contributed by atoms with E-state index in [0.717, 1.165) is 6.42 Å². The van der Waals surface area contributed by atoms with Crippen LogP contribution < -0.4 is 0 Å². The molecule has 1 N–H and O–H groups in total. The second-order valence-electron chi connectivity index (χ2n) is 6.03.